The molecule has 0 spiro atoms. The lowest BCUT2D eigenvalue weighted by Gasteiger charge is -2.36. The maximum atomic E-state index is 12.5. The van der Waals surface area contributed by atoms with Crippen LogP contribution in [0.2, 0.25) is 0 Å². The summed E-state index contributed by atoms with van der Waals surface area (Å²) in [6.07, 6.45) is 3.08. The summed E-state index contributed by atoms with van der Waals surface area (Å²) in [5, 5.41) is 2.78. The zero-order valence-corrected chi connectivity index (χ0v) is 15.9. The molecule has 3 rings (SSSR count). The molecule has 0 aromatic heterocycles. The Kier molecular flexibility index (Phi) is 6.14. The fourth-order valence-corrected chi connectivity index (χ4v) is 4.07. The summed E-state index contributed by atoms with van der Waals surface area (Å²) < 4.78 is 10.5. The summed E-state index contributed by atoms with van der Waals surface area (Å²) in [5.41, 5.74) is 0.932. The summed E-state index contributed by atoms with van der Waals surface area (Å²) in [6.45, 7) is 1.93. The van der Waals surface area contributed by atoms with Crippen LogP contribution in [0, 0.1) is 17.8 Å². The van der Waals surface area contributed by atoms with Gasteiger partial charge in [-0.2, -0.15) is 0 Å². The molecule has 146 valence electrons. The number of carbonyl (C=O) groups is 3. The minimum Gasteiger partial charge on any atom is -0.497 e. The zero-order valence-electron chi connectivity index (χ0n) is 15.9. The monoisotopic (exact) mass is 373 g/mol. The first-order valence-electron chi connectivity index (χ1n) is 9.62. The molecule has 0 radical (unpaired) electrons. The number of rotatable bonds is 6. The molecule has 6 nitrogen and oxygen atoms in total. The number of ketones is 1. The second kappa shape index (κ2) is 8.55. The molecule has 27 heavy (non-hydrogen) atoms. The Balaban J connectivity index is 1.47. The van der Waals surface area contributed by atoms with Crippen molar-refractivity contribution in [3.63, 3.8) is 0 Å². The highest BCUT2D eigenvalue weighted by Gasteiger charge is 2.42. The SMILES string of the molecule is COc1ccc(CNC(=O)[C@H](C)OC(=O)C2C[C@H]3CCC[C@@H](C2)C3=O)cc1. The van der Waals surface area contributed by atoms with Crippen molar-refractivity contribution in [2.75, 3.05) is 7.11 Å². The Hall–Kier alpha value is -2.37. The second-order valence-corrected chi connectivity index (χ2v) is 7.54. The van der Waals surface area contributed by atoms with Gasteiger partial charge < -0.3 is 14.8 Å². The molecule has 2 bridgehead atoms. The second-order valence-electron chi connectivity index (χ2n) is 7.54. The maximum Gasteiger partial charge on any atom is 0.309 e. The Morgan fingerprint density at radius 3 is 2.37 bits per heavy atom. The van der Waals surface area contributed by atoms with Gasteiger partial charge >= 0.3 is 5.97 Å². The van der Waals surface area contributed by atoms with E-state index in [1.165, 1.54) is 0 Å². The topological polar surface area (TPSA) is 81.7 Å². The number of carbonyl (C=O) groups excluding carboxylic acids is 3. The van der Waals surface area contributed by atoms with Gasteiger partial charge in [-0.15, -0.1) is 0 Å². The van der Waals surface area contributed by atoms with Crippen LogP contribution in [0.15, 0.2) is 24.3 Å². The number of methoxy groups -OCH3 is 1. The van der Waals surface area contributed by atoms with E-state index in [4.69, 9.17) is 9.47 Å². The van der Waals surface area contributed by atoms with Crippen LogP contribution >= 0.6 is 0 Å². The fraction of sp³-hybridized carbons (Fsp3) is 0.571. The van der Waals surface area contributed by atoms with Crippen LogP contribution < -0.4 is 10.1 Å². The van der Waals surface area contributed by atoms with Crippen LogP contribution in [0.1, 0.15) is 44.6 Å². The predicted molar refractivity (Wildman–Crippen MR) is 99.0 cm³/mol. The average Bonchev–Trinajstić information content (AvgIpc) is 2.66. The third-order valence-electron chi connectivity index (χ3n) is 5.67. The van der Waals surface area contributed by atoms with E-state index >= 15 is 0 Å². The van der Waals surface area contributed by atoms with Crippen molar-refractivity contribution in [3.05, 3.63) is 29.8 Å². The lowest BCUT2D eigenvalue weighted by Crippen LogP contribution is -2.42. The molecule has 1 aromatic carbocycles. The molecule has 4 atom stereocenters. The Labute approximate surface area is 159 Å². The highest BCUT2D eigenvalue weighted by Crippen LogP contribution is 2.40. The summed E-state index contributed by atoms with van der Waals surface area (Å²) in [5.74, 6) is 0.106. The summed E-state index contributed by atoms with van der Waals surface area (Å²) in [7, 11) is 1.60. The lowest BCUT2D eigenvalue weighted by atomic mass is 9.67. The number of amides is 1. The van der Waals surface area contributed by atoms with E-state index in [9.17, 15) is 14.4 Å². The molecule has 0 heterocycles. The standard InChI is InChI=1S/C21H27NO5/c1-13(20(24)22-12-14-6-8-18(26-2)9-7-14)27-21(25)17-10-15-4-3-5-16(11-17)19(15)23/h6-9,13,15-17H,3-5,10-12H2,1-2H3,(H,22,24)/t13-,15-,16+,17?/m0/s1. The lowest BCUT2D eigenvalue weighted by molar-refractivity contribution is -0.162. The van der Waals surface area contributed by atoms with Crippen molar-refractivity contribution < 1.29 is 23.9 Å². The van der Waals surface area contributed by atoms with E-state index < -0.39 is 6.10 Å². The van der Waals surface area contributed by atoms with Gasteiger partial charge in [0.2, 0.25) is 0 Å². The first kappa shape index (κ1) is 19.4. The summed E-state index contributed by atoms with van der Waals surface area (Å²) in [6, 6.07) is 7.39. The molecule has 0 saturated heterocycles. The van der Waals surface area contributed by atoms with Crippen molar-refractivity contribution in [1.29, 1.82) is 0 Å². The largest absolute Gasteiger partial charge is 0.497 e. The highest BCUT2D eigenvalue weighted by atomic mass is 16.5. The fourth-order valence-electron chi connectivity index (χ4n) is 4.07. The molecule has 1 aromatic rings. The molecule has 1 N–H and O–H groups in total. The smallest absolute Gasteiger partial charge is 0.309 e. The van der Waals surface area contributed by atoms with Gasteiger partial charge in [-0.05, 0) is 50.3 Å². The number of hydrogen-bond donors (Lipinski definition) is 1. The van der Waals surface area contributed by atoms with E-state index in [0.29, 0.717) is 25.2 Å². The molecule has 6 heteroatoms. The number of Topliss-reactive ketones (excluding diaryl/α,β-unsaturated/α-hetero) is 1. The quantitative estimate of drug-likeness (QED) is 0.775. The Bertz CT molecular complexity index is 683. The minimum atomic E-state index is -0.854. The first-order valence-corrected chi connectivity index (χ1v) is 9.62. The normalized spacial score (nSPS) is 25.4. The van der Waals surface area contributed by atoms with Gasteiger partial charge in [0.25, 0.3) is 5.91 Å². The van der Waals surface area contributed by atoms with Gasteiger partial charge in [0.05, 0.1) is 13.0 Å². The van der Waals surface area contributed by atoms with Crippen LogP contribution in [0.25, 0.3) is 0 Å². The predicted octanol–water partition coefficient (Wildman–Crippen LogP) is 2.64. The summed E-state index contributed by atoms with van der Waals surface area (Å²) in [4.78, 5) is 36.8. The van der Waals surface area contributed by atoms with E-state index in [2.05, 4.69) is 5.32 Å². The molecule has 2 aliphatic carbocycles. The Morgan fingerprint density at radius 1 is 1.15 bits per heavy atom. The number of ether oxygens (including phenoxy) is 2. The first-order chi connectivity index (χ1) is 13.0. The maximum absolute atomic E-state index is 12.5. The number of esters is 1. The van der Waals surface area contributed by atoms with Crippen molar-refractivity contribution in [2.24, 2.45) is 17.8 Å². The molecule has 1 amide bonds. The molecule has 2 aliphatic rings. The molecule has 2 saturated carbocycles. The molecular formula is C21H27NO5. The molecule has 2 fully saturated rings. The van der Waals surface area contributed by atoms with Crippen molar-refractivity contribution in [2.45, 2.75) is 51.7 Å². The van der Waals surface area contributed by atoms with Gasteiger partial charge in [-0.3, -0.25) is 14.4 Å². The van der Waals surface area contributed by atoms with E-state index in [0.717, 1.165) is 30.6 Å². The van der Waals surface area contributed by atoms with Crippen LogP contribution in [0.4, 0.5) is 0 Å². The summed E-state index contributed by atoms with van der Waals surface area (Å²) >= 11 is 0. The van der Waals surface area contributed by atoms with E-state index in [-0.39, 0.29) is 29.6 Å². The van der Waals surface area contributed by atoms with Gasteiger partial charge in [0, 0.05) is 18.4 Å². The van der Waals surface area contributed by atoms with Gasteiger partial charge in [0.15, 0.2) is 6.10 Å². The van der Waals surface area contributed by atoms with E-state index in [1.807, 2.05) is 24.3 Å². The van der Waals surface area contributed by atoms with Crippen LogP contribution in [0.3, 0.4) is 0 Å². The highest BCUT2D eigenvalue weighted by molar-refractivity contribution is 5.88. The number of fused-ring (bicyclic) bond motifs is 2. The number of nitrogens with one attached hydrogen (secondary N) is 1. The third kappa shape index (κ3) is 4.67. The van der Waals surface area contributed by atoms with Gasteiger partial charge in [0.1, 0.15) is 11.5 Å². The number of hydrogen-bond acceptors (Lipinski definition) is 5. The van der Waals surface area contributed by atoms with Crippen LogP contribution in [0.5, 0.6) is 5.75 Å². The van der Waals surface area contributed by atoms with Crippen LogP contribution in [-0.4, -0.2) is 30.9 Å². The third-order valence-corrected chi connectivity index (χ3v) is 5.67. The van der Waals surface area contributed by atoms with Crippen molar-refractivity contribution >= 4 is 17.7 Å². The van der Waals surface area contributed by atoms with Crippen LogP contribution in [-0.2, 0) is 25.7 Å². The minimum absolute atomic E-state index is 0.00532. The van der Waals surface area contributed by atoms with Crippen molar-refractivity contribution in [3.8, 4) is 5.75 Å². The molecule has 0 aliphatic heterocycles. The molecular weight excluding hydrogens is 346 g/mol. The van der Waals surface area contributed by atoms with Crippen molar-refractivity contribution in [1.82, 2.24) is 5.32 Å². The van der Waals surface area contributed by atoms with E-state index in [1.54, 1.807) is 14.0 Å². The van der Waals surface area contributed by atoms with Gasteiger partial charge in [-0.1, -0.05) is 18.6 Å². The zero-order chi connectivity index (χ0) is 19.4. The molecule has 1 unspecified atom stereocenters. The average molecular weight is 373 g/mol. The number of benzene rings is 1. The van der Waals surface area contributed by atoms with Gasteiger partial charge in [-0.25, -0.2) is 0 Å². The Morgan fingerprint density at radius 2 is 1.78 bits per heavy atom.